The molecule has 0 radical (unpaired) electrons. The van der Waals surface area contributed by atoms with E-state index in [2.05, 4.69) is 10.6 Å². The van der Waals surface area contributed by atoms with Crippen LogP contribution in [0.5, 0.6) is 0 Å². The molecule has 16 nitrogen and oxygen atoms in total. The van der Waals surface area contributed by atoms with Crippen molar-refractivity contribution < 1.29 is 57.3 Å². The number of anilines is 2. The molecule has 8 atom stereocenters. The Kier molecular flexibility index (Phi) is 7.28. The summed E-state index contributed by atoms with van der Waals surface area (Å²) in [4.78, 5) is 105. The highest BCUT2D eigenvalue weighted by Gasteiger charge is 2.65. The minimum atomic E-state index is -1.27. The van der Waals surface area contributed by atoms with Crippen LogP contribution in [0.3, 0.4) is 0 Å². The zero-order chi connectivity index (χ0) is 30.6. The number of methoxy groups -OCH3 is 4. The molecule has 16 heteroatoms. The van der Waals surface area contributed by atoms with Crippen LogP contribution in [0.4, 0.5) is 11.4 Å². The number of carbonyl (C=O) groups excluding carboxylic acids is 8. The fourth-order valence-electron chi connectivity index (χ4n) is 6.26. The Hall–Kier alpha value is -4.70. The Bertz CT molecular complexity index is 1230. The van der Waals surface area contributed by atoms with E-state index in [0.717, 1.165) is 38.2 Å². The first kappa shape index (κ1) is 28.8. The van der Waals surface area contributed by atoms with Gasteiger partial charge < -0.3 is 18.9 Å². The van der Waals surface area contributed by atoms with E-state index >= 15 is 0 Å². The third-order valence-electron chi connectivity index (χ3n) is 8.14. The van der Waals surface area contributed by atoms with Gasteiger partial charge in [0.25, 0.3) is 0 Å². The number of carbonyl (C=O) groups is 8. The number of ether oxygens (including phenoxy) is 4. The number of esters is 4. The van der Waals surface area contributed by atoms with E-state index in [-0.39, 0.29) is 11.4 Å². The lowest BCUT2D eigenvalue weighted by molar-refractivity contribution is -0.147. The standard InChI is InChI=1S/C26H26N4O12/c1-39-23(35)15-11-12(16(27-15)24(36)40-2)20(32)29(19(11)31)9-5-7-10(8-6-9)30-21(33)13-14(22(30)34)18(26(38)42-4)28-17(13)25(37)41-3/h5-8,11-18,27-28H,1-4H3. The molecule has 0 aromatic heterocycles. The van der Waals surface area contributed by atoms with Crippen LogP contribution < -0.4 is 20.4 Å². The molecule has 42 heavy (non-hydrogen) atoms. The van der Waals surface area contributed by atoms with Crippen LogP contribution in [-0.4, -0.2) is 100 Å². The smallest absolute Gasteiger partial charge is 0.323 e. The van der Waals surface area contributed by atoms with Crippen molar-refractivity contribution in [2.24, 2.45) is 23.7 Å². The molecule has 4 saturated heterocycles. The Morgan fingerprint density at radius 2 is 0.714 bits per heavy atom. The summed E-state index contributed by atoms with van der Waals surface area (Å²) in [5, 5.41) is 5.33. The van der Waals surface area contributed by atoms with Crippen LogP contribution in [0.25, 0.3) is 0 Å². The van der Waals surface area contributed by atoms with Crippen molar-refractivity contribution in [1.82, 2.24) is 10.6 Å². The molecule has 4 fully saturated rings. The SMILES string of the molecule is COC(=O)C1NC(C(=O)OC)C2C(=O)N(c3ccc(N4C(=O)C5C(C(=O)OC)NC(C(=O)OC)C5C4=O)cc3)C(=O)C12. The topological polar surface area (TPSA) is 204 Å². The van der Waals surface area contributed by atoms with Crippen LogP contribution in [0, 0.1) is 23.7 Å². The van der Waals surface area contributed by atoms with Gasteiger partial charge in [-0.2, -0.15) is 0 Å². The van der Waals surface area contributed by atoms with E-state index in [9.17, 15) is 38.4 Å². The van der Waals surface area contributed by atoms with Crippen molar-refractivity contribution >= 4 is 58.9 Å². The van der Waals surface area contributed by atoms with Gasteiger partial charge in [-0.1, -0.05) is 0 Å². The number of fused-ring (bicyclic) bond motifs is 2. The van der Waals surface area contributed by atoms with E-state index in [0.29, 0.717) is 0 Å². The molecule has 4 amide bonds. The maximum absolute atomic E-state index is 13.4. The Morgan fingerprint density at radius 1 is 0.500 bits per heavy atom. The highest BCUT2D eigenvalue weighted by molar-refractivity contribution is 6.26. The molecule has 8 unspecified atom stereocenters. The molecule has 0 aliphatic carbocycles. The second-order valence-electron chi connectivity index (χ2n) is 9.98. The van der Waals surface area contributed by atoms with Gasteiger partial charge in [0, 0.05) is 0 Å². The summed E-state index contributed by atoms with van der Waals surface area (Å²) >= 11 is 0. The zero-order valence-corrected chi connectivity index (χ0v) is 22.7. The molecule has 1 aromatic carbocycles. The van der Waals surface area contributed by atoms with E-state index in [1.54, 1.807) is 0 Å². The summed E-state index contributed by atoms with van der Waals surface area (Å²) in [6, 6.07) is 0.132. The number of rotatable bonds is 6. The van der Waals surface area contributed by atoms with Gasteiger partial charge in [-0.25, -0.2) is 9.80 Å². The van der Waals surface area contributed by atoms with Crippen molar-refractivity contribution in [1.29, 1.82) is 0 Å². The molecule has 4 heterocycles. The van der Waals surface area contributed by atoms with E-state index in [4.69, 9.17) is 18.9 Å². The molecule has 4 aliphatic heterocycles. The van der Waals surface area contributed by atoms with Crippen molar-refractivity contribution in [3.05, 3.63) is 24.3 Å². The molecular weight excluding hydrogens is 560 g/mol. The Labute approximate surface area is 237 Å². The van der Waals surface area contributed by atoms with Crippen molar-refractivity contribution in [2.75, 3.05) is 38.2 Å². The average molecular weight is 587 g/mol. The number of imide groups is 2. The molecule has 0 bridgehead atoms. The molecule has 4 aliphatic rings. The second-order valence-corrected chi connectivity index (χ2v) is 9.98. The van der Waals surface area contributed by atoms with Gasteiger partial charge in [-0.3, -0.25) is 49.0 Å². The summed E-state index contributed by atoms with van der Waals surface area (Å²) in [7, 11) is 4.42. The largest absolute Gasteiger partial charge is 0.468 e. The maximum atomic E-state index is 13.4. The number of nitrogens with one attached hydrogen (secondary N) is 2. The van der Waals surface area contributed by atoms with E-state index in [1.807, 2.05) is 0 Å². The first-order chi connectivity index (χ1) is 20.0. The minimum Gasteiger partial charge on any atom is -0.468 e. The van der Waals surface area contributed by atoms with Crippen molar-refractivity contribution in [2.45, 2.75) is 24.2 Å². The van der Waals surface area contributed by atoms with Gasteiger partial charge in [-0.05, 0) is 24.3 Å². The molecule has 1 aromatic rings. The predicted octanol–water partition coefficient (Wildman–Crippen LogP) is -2.73. The van der Waals surface area contributed by atoms with Gasteiger partial charge in [0.1, 0.15) is 24.2 Å². The number of nitrogens with zero attached hydrogens (tertiary/aromatic N) is 2. The molecule has 222 valence electrons. The van der Waals surface area contributed by atoms with Crippen LogP contribution in [0.2, 0.25) is 0 Å². The first-order valence-corrected chi connectivity index (χ1v) is 12.7. The highest BCUT2D eigenvalue weighted by atomic mass is 16.5. The van der Waals surface area contributed by atoms with Gasteiger partial charge in [-0.15, -0.1) is 0 Å². The summed E-state index contributed by atoms with van der Waals surface area (Å²) in [5.41, 5.74) is 0.104. The normalized spacial score (nSPS) is 31.6. The lowest BCUT2D eigenvalue weighted by atomic mass is 9.89. The Morgan fingerprint density at radius 3 is 0.905 bits per heavy atom. The average Bonchev–Trinajstić information content (AvgIpc) is 3.72. The van der Waals surface area contributed by atoms with E-state index < -0.39 is 95.3 Å². The summed E-state index contributed by atoms with van der Waals surface area (Å²) in [5.74, 6) is -11.4. The molecule has 0 saturated carbocycles. The van der Waals surface area contributed by atoms with Gasteiger partial charge in [0.05, 0.1) is 63.5 Å². The number of benzene rings is 1. The number of hydrogen-bond acceptors (Lipinski definition) is 14. The van der Waals surface area contributed by atoms with Gasteiger partial charge in [0.15, 0.2) is 0 Å². The third kappa shape index (κ3) is 4.05. The lowest BCUT2D eigenvalue weighted by Crippen LogP contribution is -2.48. The van der Waals surface area contributed by atoms with E-state index in [1.165, 1.54) is 24.3 Å². The van der Waals surface area contributed by atoms with Crippen molar-refractivity contribution in [3.8, 4) is 0 Å². The fraction of sp³-hybridized carbons (Fsp3) is 0.462. The van der Waals surface area contributed by atoms with Crippen LogP contribution in [-0.2, 0) is 57.3 Å². The van der Waals surface area contributed by atoms with Crippen LogP contribution in [0.15, 0.2) is 24.3 Å². The van der Waals surface area contributed by atoms with Gasteiger partial charge >= 0.3 is 23.9 Å². The summed E-state index contributed by atoms with van der Waals surface area (Å²) in [6.07, 6.45) is 0. The predicted molar refractivity (Wildman–Crippen MR) is 135 cm³/mol. The van der Waals surface area contributed by atoms with Crippen LogP contribution >= 0.6 is 0 Å². The number of amides is 4. The van der Waals surface area contributed by atoms with Crippen LogP contribution in [0.1, 0.15) is 0 Å². The second kappa shape index (κ2) is 10.6. The maximum Gasteiger partial charge on any atom is 0.323 e. The van der Waals surface area contributed by atoms with Crippen molar-refractivity contribution in [3.63, 3.8) is 0 Å². The van der Waals surface area contributed by atoms with Gasteiger partial charge in [0.2, 0.25) is 23.6 Å². The zero-order valence-electron chi connectivity index (χ0n) is 22.7. The quantitative estimate of drug-likeness (QED) is 0.197. The Balaban J connectivity index is 1.44. The first-order valence-electron chi connectivity index (χ1n) is 12.7. The summed E-state index contributed by atoms with van der Waals surface area (Å²) < 4.78 is 19.0. The fourth-order valence-corrected chi connectivity index (χ4v) is 6.26. The number of hydrogen-bond donors (Lipinski definition) is 2. The monoisotopic (exact) mass is 586 g/mol. The summed E-state index contributed by atoms with van der Waals surface area (Å²) in [6.45, 7) is 0. The molecule has 5 rings (SSSR count). The molecule has 0 spiro atoms. The highest BCUT2D eigenvalue weighted by Crippen LogP contribution is 2.42. The molecular formula is C26H26N4O12. The molecule has 2 N–H and O–H groups in total. The lowest BCUT2D eigenvalue weighted by Gasteiger charge is -2.22. The third-order valence-corrected chi connectivity index (χ3v) is 8.14. The minimum absolute atomic E-state index is 0.0520.